The van der Waals surface area contributed by atoms with E-state index in [0.29, 0.717) is 11.4 Å². The van der Waals surface area contributed by atoms with Gasteiger partial charge in [-0.3, -0.25) is 4.79 Å². The Labute approximate surface area is 158 Å². The number of rotatable bonds is 4. The molecule has 0 aliphatic heterocycles. The molecule has 0 bridgehead atoms. The lowest BCUT2D eigenvalue weighted by atomic mass is 9.96. The van der Waals surface area contributed by atoms with Gasteiger partial charge in [-0.25, -0.2) is 0 Å². The van der Waals surface area contributed by atoms with Crippen LogP contribution in [0.4, 0.5) is 0 Å². The highest BCUT2D eigenvalue weighted by Crippen LogP contribution is 2.32. The third-order valence-corrected chi connectivity index (χ3v) is 5.29. The fraction of sp³-hybridized carbons (Fsp3) is 0.318. The minimum atomic E-state index is -0.425. The zero-order chi connectivity index (χ0) is 18.8. The number of benzene rings is 2. The summed E-state index contributed by atoms with van der Waals surface area (Å²) in [6.45, 7) is 2.02. The lowest BCUT2D eigenvalue weighted by molar-refractivity contribution is 0.100. The number of hydrogen-bond acceptors (Lipinski definition) is 4. The van der Waals surface area contributed by atoms with Gasteiger partial charge in [-0.1, -0.05) is 18.6 Å². The normalized spacial score (nSPS) is 15.0. The zero-order valence-electron chi connectivity index (χ0n) is 15.4. The lowest BCUT2D eigenvalue weighted by Crippen LogP contribution is -2.20. The maximum atomic E-state index is 11.5. The van der Waals surface area contributed by atoms with E-state index in [9.17, 15) is 4.79 Å². The zero-order valence-corrected chi connectivity index (χ0v) is 15.4. The molecule has 1 aliphatic carbocycles. The van der Waals surface area contributed by atoms with Gasteiger partial charge in [0.2, 0.25) is 11.8 Å². The molecule has 1 aliphatic rings. The van der Waals surface area contributed by atoms with E-state index in [0.717, 1.165) is 40.3 Å². The molecule has 27 heavy (non-hydrogen) atoms. The van der Waals surface area contributed by atoms with Crippen molar-refractivity contribution >= 4 is 16.7 Å². The molecule has 2 N–H and O–H groups in total. The molecule has 1 saturated carbocycles. The topological polar surface area (TPSA) is 78.1 Å². The highest BCUT2D eigenvalue weighted by molar-refractivity contribution is 5.95. The number of hydrogen-bond donors (Lipinski definition) is 1. The molecular formula is C22H23N3O2. The average molecular weight is 361 g/mol. The summed E-state index contributed by atoms with van der Waals surface area (Å²) >= 11 is 0. The summed E-state index contributed by atoms with van der Waals surface area (Å²) in [6, 6.07) is 11.6. The summed E-state index contributed by atoms with van der Waals surface area (Å²) in [5.74, 6) is 0.180. The number of ether oxygens (including phenoxy) is 1. The van der Waals surface area contributed by atoms with E-state index in [1.165, 1.54) is 19.3 Å². The van der Waals surface area contributed by atoms with E-state index in [1.807, 2.05) is 31.2 Å². The van der Waals surface area contributed by atoms with Gasteiger partial charge in [-0.15, -0.1) is 5.10 Å². The number of carbonyl (C=O) groups is 1. The van der Waals surface area contributed by atoms with Gasteiger partial charge >= 0.3 is 0 Å². The Kier molecular flexibility index (Phi) is 4.75. The van der Waals surface area contributed by atoms with Gasteiger partial charge in [0.25, 0.3) is 0 Å². The summed E-state index contributed by atoms with van der Waals surface area (Å²) in [7, 11) is 0. The largest absolute Gasteiger partial charge is 0.473 e. The van der Waals surface area contributed by atoms with Crippen LogP contribution in [0.1, 0.15) is 48.0 Å². The lowest BCUT2D eigenvalue weighted by Gasteiger charge is -2.22. The Balaban J connectivity index is 1.71. The number of aromatic nitrogens is 2. The van der Waals surface area contributed by atoms with E-state index >= 15 is 0 Å². The van der Waals surface area contributed by atoms with Crippen molar-refractivity contribution in [1.82, 2.24) is 10.2 Å². The van der Waals surface area contributed by atoms with Crippen molar-refractivity contribution in [3.8, 4) is 17.0 Å². The molecular weight excluding hydrogens is 338 g/mol. The third kappa shape index (κ3) is 3.63. The number of amides is 1. The van der Waals surface area contributed by atoms with Crippen molar-refractivity contribution in [3.63, 3.8) is 0 Å². The van der Waals surface area contributed by atoms with Crippen molar-refractivity contribution < 1.29 is 9.53 Å². The number of nitrogens with two attached hydrogens (primary N) is 1. The average Bonchev–Trinajstić information content (AvgIpc) is 2.69. The standard InChI is InChI=1S/C22H23N3O2/c1-14-7-8-16(21(23)26)12-20(14)15-9-10-19-17(11-15)13-24-25-22(19)27-18-5-3-2-4-6-18/h7-13,18H,2-6H2,1H3,(H2,23,26). The molecule has 0 spiro atoms. The molecule has 0 saturated heterocycles. The van der Waals surface area contributed by atoms with Gasteiger partial charge in [0, 0.05) is 16.3 Å². The first-order valence-electron chi connectivity index (χ1n) is 9.45. The van der Waals surface area contributed by atoms with Crippen LogP contribution in [0.2, 0.25) is 0 Å². The number of carbonyl (C=O) groups excluding carboxylic acids is 1. The van der Waals surface area contributed by atoms with Crippen molar-refractivity contribution in [1.29, 1.82) is 0 Å². The van der Waals surface area contributed by atoms with Crippen LogP contribution in [0.5, 0.6) is 5.88 Å². The fourth-order valence-electron chi connectivity index (χ4n) is 3.74. The summed E-state index contributed by atoms with van der Waals surface area (Å²) < 4.78 is 6.15. The van der Waals surface area contributed by atoms with Crippen LogP contribution in [-0.4, -0.2) is 22.2 Å². The Morgan fingerprint density at radius 2 is 1.93 bits per heavy atom. The molecule has 4 rings (SSSR count). The van der Waals surface area contributed by atoms with E-state index in [2.05, 4.69) is 16.3 Å². The molecule has 0 unspecified atom stereocenters. The molecule has 0 atom stereocenters. The maximum absolute atomic E-state index is 11.5. The number of primary amides is 1. The molecule has 3 aromatic rings. The fourth-order valence-corrected chi connectivity index (χ4v) is 3.74. The Morgan fingerprint density at radius 1 is 1.11 bits per heavy atom. The van der Waals surface area contributed by atoms with E-state index in [-0.39, 0.29) is 6.10 Å². The predicted octanol–water partition coefficient (Wildman–Crippen LogP) is 4.42. The number of nitrogens with zero attached hydrogens (tertiary/aromatic N) is 2. The Hall–Kier alpha value is -2.95. The monoisotopic (exact) mass is 361 g/mol. The molecule has 5 nitrogen and oxygen atoms in total. The first kappa shape index (κ1) is 17.5. The Morgan fingerprint density at radius 3 is 2.70 bits per heavy atom. The van der Waals surface area contributed by atoms with E-state index in [1.54, 1.807) is 12.3 Å². The van der Waals surface area contributed by atoms with Gasteiger partial charge in [0.15, 0.2) is 0 Å². The molecule has 2 aromatic carbocycles. The van der Waals surface area contributed by atoms with Crippen LogP contribution in [-0.2, 0) is 0 Å². The van der Waals surface area contributed by atoms with Crippen LogP contribution in [0, 0.1) is 6.92 Å². The molecule has 1 amide bonds. The van der Waals surface area contributed by atoms with Crippen molar-refractivity contribution in [3.05, 3.63) is 53.7 Å². The number of fused-ring (bicyclic) bond motifs is 1. The van der Waals surface area contributed by atoms with Crippen LogP contribution >= 0.6 is 0 Å². The SMILES string of the molecule is Cc1ccc(C(N)=O)cc1-c1ccc2c(OC3CCCCC3)nncc2c1. The van der Waals surface area contributed by atoms with Gasteiger partial charge in [0.05, 0.1) is 6.20 Å². The smallest absolute Gasteiger partial charge is 0.248 e. The van der Waals surface area contributed by atoms with Crippen molar-refractivity contribution in [2.24, 2.45) is 5.73 Å². The van der Waals surface area contributed by atoms with Crippen LogP contribution < -0.4 is 10.5 Å². The summed E-state index contributed by atoms with van der Waals surface area (Å²) in [6.07, 6.45) is 7.84. The number of aryl methyl sites for hydroxylation is 1. The van der Waals surface area contributed by atoms with Gasteiger partial charge in [-0.05, 0) is 73.6 Å². The summed E-state index contributed by atoms with van der Waals surface area (Å²) in [5.41, 5.74) is 9.02. The van der Waals surface area contributed by atoms with Crippen LogP contribution in [0.25, 0.3) is 21.9 Å². The molecule has 0 radical (unpaired) electrons. The van der Waals surface area contributed by atoms with Gasteiger partial charge in [0.1, 0.15) is 6.10 Å². The maximum Gasteiger partial charge on any atom is 0.248 e. The van der Waals surface area contributed by atoms with E-state index < -0.39 is 5.91 Å². The second kappa shape index (κ2) is 7.35. The minimum Gasteiger partial charge on any atom is -0.473 e. The predicted molar refractivity (Wildman–Crippen MR) is 106 cm³/mol. The van der Waals surface area contributed by atoms with E-state index in [4.69, 9.17) is 10.5 Å². The summed E-state index contributed by atoms with van der Waals surface area (Å²) in [5, 5.41) is 10.3. The Bertz CT molecular complexity index is 994. The molecule has 5 heteroatoms. The van der Waals surface area contributed by atoms with Gasteiger partial charge in [-0.2, -0.15) is 5.10 Å². The third-order valence-electron chi connectivity index (χ3n) is 5.29. The molecule has 1 fully saturated rings. The van der Waals surface area contributed by atoms with Crippen molar-refractivity contribution in [2.75, 3.05) is 0 Å². The molecule has 138 valence electrons. The van der Waals surface area contributed by atoms with Crippen molar-refractivity contribution in [2.45, 2.75) is 45.1 Å². The molecule has 1 aromatic heterocycles. The van der Waals surface area contributed by atoms with Crippen LogP contribution in [0.15, 0.2) is 42.6 Å². The van der Waals surface area contributed by atoms with Crippen LogP contribution in [0.3, 0.4) is 0 Å². The minimum absolute atomic E-state index is 0.229. The quantitative estimate of drug-likeness (QED) is 0.746. The molecule has 1 heterocycles. The second-order valence-electron chi connectivity index (χ2n) is 7.22. The second-order valence-corrected chi connectivity index (χ2v) is 7.22. The highest BCUT2D eigenvalue weighted by Gasteiger charge is 2.17. The highest BCUT2D eigenvalue weighted by atomic mass is 16.5. The van der Waals surface area contributed by atoms with Gasteiger partial charge < -0.3 is 10.5 Å². The summed E-state index contributed by atoms with van der Waals surface area (Å²) in [4.78, 5) is 11.5. The first-order valence-corrected chi connectivity index (χ1v) is 9.45. The first-order chi connectivity index (χ1) is 13.1.